The molecular weight excluding hydrogens is 524 g/mol. The van der Waals surface area contributed by atoms with Gasteiger partial charge in [-0.05, 0) is 70.1 Å². The molecule has 1 amide bonds. The van der Waals surface area contributed by atoms with Gasteiger partial charge in [0.2, 0.25) is 10.0 Å². The zero-order chi connectivity index (χ0) is 27.4. The summed E-state index contributed by atoms with van der Waals surface area (Å²) in [4.78, 5) is 22.4. The molecule has 1 fully saturated rings. The van der Waals surface area contributed by atoms with Crippen molar-refractivity contribution in [3.8, 4) is 11.5 Å². The smallest absolute Gasteiger partial charge is 0.260 e. The first-order valence-electron chi connectivity index (χ1n) is 12.7. The quantitative estimate of drug-likeness (QED) is 0.364. The van der Waals surface area contributed by atoms with Crippen molar-refractivity contribution in [2.75, 3.05) is 59.4 Å². The predicted octanol–water partition coefficient (Wildman–Crippen LogP) is 4.33. The van der Waals surface area contributed by atoms with E-state index in [9.17, 15) is 13.2 Å². The average molecular weight is 561 g/mol. The van der Waals surface area contributed by atoms with Crippen molar-refractivity contribution >= 4 is 42.6 Å². The highest BCUT2D eigenvalue weighted by molar-refractivity contribution is 7.89. The number of aromatic nitrogens is 1. The molecule has 0 saturated carbocycles. The number of nitrogens with zero attached hydrogens (tertiary/aromatic N) is 4. The molecule has 0 bridgehead atoms. The molecule has 2 aromatic carbocycles. The third-order valence-corrected chi connectivity index (χ3v) is 9.78. The van der Waals surface area contributed by atoms with Gasteiger partial charge in [0.25, 0.3) is 5.91 Å². The van der Waals surface area contributed by atoms with Gasteiger partial charge in [0.15, 0.2) is 16.6 Å². The molecule has 1 aliphatic heterocycles. The van der Waals surface area contributed by atoms with Gasteiger partial charge in [0.1, 0.15) is 0 Å². The molecule has 0 atom stereocenters. The van der Waals surface area contributed by atoms with Gasteiger partial charge in [-0.15, -0.1) is 0 Å². The highest BCUT2D eigenvalue weighted by atomic mass is 32.2. The standard InChI is InChI=1S/C27H36N4O5S2/c1-19-11-15-30(16-12-19)38(33,34)21-9-7-20(8-10-21)26(32)31(14-6-13-29(2)3)27-28-22-17-23(35-4)24(36-5)18-25(22)37-27/h7-10,17-19H,6,11-16H2,1-5H3. The molecule has 38 heavy (non-hydrogen) atoms. The first-order valence-corrected chi connectivity index (χ1v) is 15.0. The highest BCUT2D eigenvalue weighted by Crippen LogP contribution is 2.37. The van der Waals surface area contributed by atoms with Crippen LogP contribution in [0.3, 0.4) is 0 Å². The number of anilines is 1. The Balaban J connectivity index is 1.62. The number of amides is 1. The average Bonchev–Trinajstić information content (AvgIpc) is 3.32. The van der Waals surface area contributed by atoms with Crippen molar-refractivity contribution in [3.05, 3.63) is 42.0 Å². The number of carbonyl (C=O) groups is 1. The number of hydrogen-bond acceptors (Lipinski definition) is 8. The van der Waals surface area contributed by atoms with E-state index in [-0.39, 0.29) is 10.8 Å². The van der Waals surface area contributed by atoms with Crippen molar-refractivity contribution in [3.63, 3.8) is 0 Å². The third kappa shape index (κ3) is 6.12. The Morgan fingerprint density at radius 3 is 2.29 bits per heavy atom. The zero-order valence-electron chi connectivity index (χ0n) is 22.6. The number of benzene rings is 2. The van der Waals surface area contributed by atoms with Gasteiger partial charge in [-0.1, -0.05) is 18.3 Å². The third-order valence-electron chi connectivity index (χ3n) is 6.83. The molecule has 1 aromatic heterocycles. The summed E-state index contributed by atoms with van der Waals surface area (Å²) in [5, 5.41) is 0.568. The molecule has 0 N–H and O–H groups in total. The van der Waals surface area contributed by atoms with Gasteiger partial charge in [-0.2, -0.15) is 4.31 Å². The Hall–Kier alpha value is -2.73. The summed E-state index contributed by atoms with van der Waals surface area (Å²) in [7, 11) is 3.55. The van der Waals surface area contributed by atoms with Crippen LogP contribution in [0.2, 0.25) is 0 Å². The van der Waals surface area contributed by atoms with E-state index < -0.39 is 10.0 Å². The number of fused-ring (bicyclic) bond motifs is 1. The van der Waals surface area contributed by atoms with E-state index in [1.54, 1.807) is 41.6 Å². The first-order chi connectivity index (χ1) is 18.1. The van der Waals surface area contributed by atoms with Crippen LogP contribution in [0.5, 0.6) is 11.5 Å². The number of thiazole rings is 1. The second-order valence-electron chi connectivity index (χ2n) is 9.90. The number of rotatable bonds is 10. The van der Waals surface area contributed by atoms with Gasteiger partial charge in [-0.3, -0.25) is 9.69 Å². The Labute approximate surface area is 229 Å². The molecule has 0 radical (unpaired) electrons. The largest absolute Gasteiger partial charge is 0.493 e. The fourth-order valence-corrected chi connectivity index (χ4v) is 6.96. The SMILES string of the molecule is COc1cc2nc(N(CCCN(C)C)C(=O)c3ccc(S(=O)(=O)N4CCC(C)CC4)cc3)sc2cc1OC. The summed E-state index contributed by atoms with van der Waals surface area (Å²) in [5.41, 5.74) is 1.13. The van der Waals surface area contributed by atoms with Crippen LogP contribution in [0.25, 0.3) is 10.2 Å². The maximum atomic E-state index is 13.7. The van der Waals surface area contributed by atoms with E-state index in [0.29, 0.717) is 53.3 Å². The van der Waals surface area contributed by atoms with Crippen molar-refractivity contribution in [2.45, 2.75) is 31.1 Å². The van der Waals surface area contributed by atoms with E-state index in [1.165, 1.54) is 23.5 Å². The topological polar surface area (TPSA) is 92.3 Å². The Morgan fingerprint density at radius 2 is 1.68 bits per heavy atom. The van der Waals surface area contributed by atoms with E-state index >= 15 is 0 Å². The highest BCUT2D eigenvalue weighted by Gasteiger charge is 2.29. The summed E-state index contributed by atoms with van der Waals surface area (Å²) in [5.74, 6) is 1.48. The van der Waals surface area contributed by atoms with Crippen LogP contribution in [0.1, 0.15) is 36.5 Å². The fourth-order valence-electron chi connectivity index (χ4n) is 4.49. The van der Waals surface area contributed by atoms with Crippen LogP contribution in [0.4, 0.5) is 5.13 Å². The lowest BCUT2D eigenvalue weighted by atomic mass is 10.0. The van der Waals surface area contributed by atoms with E-state index in [4.69, 9.17) is 14.5 Å². The van der Waals surface area contributed by atoms with Gasteiger partial charge < -0.3 is 14.4 Å². The lowest BCUT2D eigenvalue weighted by molar-refractivity contribution is 0.0986. The van der Waals surface area contributed by atoms with Gasteiger partial charge in [-0.25, -0.2) is 13.4 Å². The molecule has 4 rings (SSSR count). The number of carbonyl (C=O) groups excluding carboxylic acids is 1. The van der Waals surface area contributed by atoms with Crippen LogP contribution >= 0.6 is 11.3 Å². The van der Waals surface area contributed by atoms with Crippen LogP contribution in [0, 0.1) is 5.92 Å². The van der Waals surface area contributed by atoms with Crippen molar-refractivity contribution in [1.29, 1.82) is 0 Å². The van der Waals surface area contributed by atoms with E-state index in [1.807, 2.05) is 20.2 Å². The normalized spacial score (nSPS) is 15.2. The lowest BCUT2D eigenvalue weighted by Gasteiger charge is -2.29. The van der Waals surface area contributed by atoms with Crippen molar-refractivity contribution < 1.29 is 22.7 Å². The second-order valence-corrected chi connectivity index (χ2v) is 12.8. The molecule has 1 aliphatic rings. The molecule has 11 heteroatoms. The Bertz CT molecular complexity index is 1320. The maximum Gasteiger partial charge on any atom is 0.260 e. The Morgan fingerprint density at radius 1 is 1.05 bits per heavy atom. The molecule has 3 aromatic rings. The number of ether oxygens (including phenoxy) is 2. The summed E-state index contributed by atoms with van der Waals surface area (Å²) in [6.07, 6.45) is 2.47. The van der Waals surface area contributed by atoms with Crippen LogP contribution in [-0.4, -0.2) is 83.0 Å². The number of hydrogen-bond donors (Lipinski definition) is 0. The summed E-state index contributed by atoms with van der Waals surface area (Å²) < 4.78 is 39.5. The van der Waals surface area contributed by atoms with Gasteiger partial charge in [0.05, 0.1) is 29.3 Å². The molecule has 0 aliphatic carbocycles. The zero-order valence-corrected chi connectivity index (χ0v) is 24.3. The van der Waals surface area contributed by atoms with Crippen molar-refractivity contribution in [1.82, 2.24) is 14.2 Å². The predicted molar refractivity (Wildman–Crippen MR) is 151 cm³/mol. The van der Waals surface area contributed by atoms with Crippen LogP contribution in [-0.2, 0) is 10.0 Å². The lowest BCUT2D eigenvalue weighted by Crippen LogP contribution is -2.38. The maximum absolute atomic E-state index is 13.7. The minimum Gasteiger partial charge on any atom is -0.493 e. The molecule has 0 spiro atoms. The molecule has 1 saturated heterocycles. The molecular formula is C27H36N4O5S2. The number of piperidine rings is 1. The second kappa shape index (κ2) is 12.0. The summed E-state index contributed by atoms with van der Waals surface area (Å²) >= 11 is 1.40. The minimum absolute atomic E-state index is 0.210. The van der Waals surface area contributed by atoms with E-state index in [0.717, 1.165) is 30.5 Å². The van der Waals surface area contributed by atoms with Gasteiger partial charge >= 0.3 is 0 Å². The molecule has 206 valence electrons. The van der Waals surface area contributed by atoms with E-state index in [2.05, 4.69) is 11.8 Å². The van der Waals surface area contributed by atoms with Gasteiger partial charge in [0, 0.05) is 37.3 Å². The molecule has 0 unspecified atom stereocenters. The summed E-state index contributed by atoms with van der Waals surface area (Å²) in [6, 6.07) is 9.93. The van der Waals surface area contributed by atoms with Crippen LogP contribution < -0.4 is 14.4 Å². The fraction of sp³-hybridized carbons (Fsp3) is 0.481. The van der Waals surface area contributed by atoms with Crippen molar-refractivity contribution in [2.24, 2.45) is 5.92 Å². The Kier molecular flexibility index (Phi) is 8.92. The molecule has 2 heterocycles. The van der Waals surface area contributed by atoms with Crippen LogP contribution in [0.15, 0.2) is 41.3 Å². The molecule has 9 nitrogen and oxygen atoms in total. The number of sulfonamides is 1. The summed E-state index contributed by atoms with van der Waals surface area (Å²) in [6.45, 7) is 4.47. The first kappa shape index (κ1) is 28.3. The monoisotopic (exact) mass is 560 g/mol. The number of methoxy groups -OCH3 is 2. The minimum atomic E-state index is -3.59.